The third kappa shape index (κ3) is 3.01. The van der Waals surface area contributed by atoms with Crippen molar-refractivity contribution in [2.24, 2.45) is 11.3 Å². The predicted octanol–water partition coefficient (Wildman–Crippen LogP) is 4.51. The molecule has 2 heterocycles. The van der Waals surface area contributed by atoms with Gasteiger partial charge in [-0.1, -0.05) is 13.3 Å². The first-order chi connectivity index (χ1) is 9.88. The summed E-state index contributed by atoms with van der Waals surface area (Å²) in [7, 11) is 0. The number of alkyl halides is 3. The number of nitrogens with zero attached hydrogens (tertiary/aromatic N) is 2. The highest BCUT2D eigenvalue weighted by Gasteiger charge is 2.40. The largest absolute Gasteiger partial charge is 0.433 e. The molecule has 1 atom stereocenters. The zero-order chi connectivity index (χ0) is 15.1. The van der Waals surface area contributed by atoms with Crippen LogP contribution in [0.15, 0.2) is 18.3 Å². The number of piperidine rings is 1. The van der Waals surface area contributed by atoms with E-state index in [1.165, 1.54) is 31.5 Å². The first-order valence-electron chi connectivity index (χ1n) is 7.66. The van der Waals surface area contributed by atoms with Crippen LogP contribution < -0.4 is 4.90 Å². The van der Waals surface area contributed by atoms with Crippen LogP contribution in [0.4, 0.5) is 18.9 Å². The number of pyridine rings is 1. The lowest BCUT2D eigenvalue weighted by Gasteiger charge is -2.40. The van der Waals surface area contributed by atoms with E-state index in [1.807, 2.05) is 0 Å². The smallest absolute Gasteiger partial charge is 0.371 e. The van der Waals surface area contributed by atoms with Gasteiger partial charge in [0.05, 0.1) is 0 Å². The van der Waals surface area contributed by atoms with Gasteiger partial charge in [0.2, 0.25) is 0 Å². The summed E-state index contributed by atoms with van der Waals surface area (Å²) in [6.45, 7) is 4.02. The zero-order valence-corrected chi connectivity index (χ0v) is 12.3. The molecule has 1 saturated carbocycles. The molecule has 1 saturated heterocycles. The third-order valence-electron chi connectivity index (χ3n) is 5.17. The molecule has 2 nitrogen and oxygen atoms in total. The van der Waals surface area contributed by atoms with E-state index in [4.69, 9.17) is 0 Å². The quantitative estimate of drug-likeness (QED) is 0.758. The van der Waals surface area contributed by atoms with E-state index in [2.05, 4.69) is 16.8 Å². The Kier molecular flexibility index (Phi) is 3.62. The van der Waals surface area contributed by atoms with Crippen molar-refractivity contribution in [3.8, 4) is 0 Å². The molecule has 1 spiro atoms. The molecular formula is C16H21F3N2. The van der Waals surface area contributed by atoms with E-state index in [1.54, 1.807) is 6.07 Å². The predicted molar refractivity (Wildman–Crippen MR) is 76.1 cm³/mol. The molecule has 0 N–H and O–H groups in total. The number of rotatable bonds is 1. The van der Waals surface area contributed by atoms with Crippen molar-refractivity contribution >= 4 is 5.69 Å². The monoisotopic (exact) mass is 298 g/mol. The Hall–Kier alpha value is -1.26. The standard InChI is InChI=1S/C16H21F3N2/c1-12-2-4-15(11-12)5-8-21(9-6-15)13-3-7-20-14(10-13)16(17,18)19/h3,7,10,12H,2,4-6,8-9,11H2,1H3. The van der Waals surface area contributed by atoms with Crippen molar-refractivity contribution in [1.82, 2.24) is 4.98 Å². The van der Waals surface area contributed by atoms with Crippen molar-refractivity contribution in [2.75, 3.05) is 18.0 Å². The Balaban J connectivity index is 1.70. The van der Waals surface area contributed by atoms with E-state index in [0.717, 1.165) is 31.8 Å². The minimum atomic E-state index is -4.37. The molecule has 116 valence electrons. The second-order valence-electron chi connectivity index (χ2n) is 6.73. The molecule has 1 aliphatic heterocycles. The summed E-state index contributed by atoms with van der Waals surface area (Å²) >= 11 is 0. The number of hydrogen-bond donors (Lipinski definition) is 0. The second kappa shape index (κ2) is 5.18. The van der Waals surface area contributed by atoms with Crippen molar-refractivity contribution in [2.45, 2.75) is 45.2 Å². The summed E-state index contributed by atoms with van der Waals surface area (Å²) in [5, 5.41) is 0. The fourth-order valence-electron chi connectivity index (χ4n) is 3.96. The molecular weight excluding hydrogens is 277 g/mol. The molecule has 0 aromatic carbocycles. The van der Waals surface area contributed by atoms with Crippen molar-refractivity contribution < 1.29 is 13.2 Å². The van der Waals surface area contributed by atoms with Gasteiger partial charge in [0.1, 0.15) is 5.69 Å². The Morgan fingerprint density at radius 2 is 1.95 bits per heavy atom. The lowest BCUT2D eigenvalue weighted by atomic mass is 9.76. The van der Waals surface area contributed by atoms with E-state index in [0.29, 0.717) is 11.1 Å². The minimum Gasteiger partial charge on any atom is -0.371 e. The summed E-state index contributed by atoms with van der Waals surface area (Å²) in [4.78, 5) is 5.51. The lowest BCUT2D eigenvalue weighted by molar-refractivity contribution is -0.141. The average Bonchev–Trinajstić information content (AvgIpc) is 2.80. The van der Waals surface area contributed by atoms with Crippen LogP contribution >= 0.6 is 0 Å². The van der Waals surface area contributed by atoms with Crippen molar-refractivity contribution in [1.29, 1.82) is 0 Å². The normalized spacial score (nSPS) is 25.5. The van der Waals surface area contributed by atoms with Gasteiger partial charge in [0.15, 0.2) is 0 Å². The van der Waals surface area contributed by atoms with Gasteiger partial charge in [-0.3, -0.25) is 4.98 Å². The number of halogens is 3. The molecule has 0 radical (unpaired) electrons. The van der Waals surface area contributed by atoms with Crippen LogP contribution in [-0.4, -0.2) is 18.1 Å². The second-order valence-corrected chi connectivity index (χ2v) is 6.73. The van der Waals surface area contributed by atoms with Crippen molar-refractivity contribution in [3.05, 3.63) is 24.0 Å². The molecule has 0 amide bonds. The average molecular weight is 298 g/mol. The number of hydrogen-bond acceptors (Lipinski definition) is 2. The highest BCUT2D eigenvalue weighted by molar-refractivity contribution is 5.47. The Bertz CT molecular complexity index is 504. The Morgan fingerprint density at radius 1 is 1.24 bits per heavy atom. The van der Waals surface area contributed by atoms with Crippen LogP contribution in [-0.2, 0) is 6.18 Å². The van der Waals surface area contributed by atoms with Crippen LogP contribution in [0.1, 0.15) is 44.7 Å². The van der Waals surface area contributed by atoms with Crippen molar-refractivity contribution in [3.63, 3.8) is 0 Å². The molecule has 3 rings (SSSR count). The molecule has 21 heavy (non-hydrogen) atoms. The molecule has 1 aliphatic carbocycles. The molecule has 0 bridgehead atoms. The highest BCUT2D eigenvalue weighted by Crippen LogP contribution is 2.49. The van der Waals surface area contributed by atoms with Crippen LogP contribution in [0.25, 0.3) is 0 Å². The first-order valence-corrected chi connectivity index (χ1v) is 7.66. The topological polar surface area (TPSA) is 16.1 Å². The maximum absolute atomic E-state index is 12.7. The fraction of sp³-hybridized carbons (Fsp3) is 0.688. The Morgan fingerprint density at radius 3 is 2.52 bits per heavy atom. The summed E-state index contributed by atoms with van der Waals surface area (Å²) in [5.41, 5.74) is 0.309. The van der Waals surface area contributed by atoms with E-state index in [-0.39, 0.29) is 0 Å². The molecule has 1 aromatic rings. The highest BCUT2D eigenvalue weighted by atomic mass is 19.4. The number of aromatic nitrogens is 1. The maximum Gasteiger partial charge on any atom is 0.433 e. The van der Waals surface area contributed by atoms with Crippen LogP contribution in [0.5, 0.6) is 0 Å². The van der Waals surface area contributed by atoms with Gasteiger partial charge in [-0.05, 0) is 49.1 Å². The van der Waals surface area contributed by atoms with Gasteiger partial charge in [-0.25, -0.2) is 0 Å². The molecule has 2 fully saturated rings. The maximum atomic E-state index is 12.7. The molecule has 5 heteroatoms. The molecule has 1 unspecified atom stereocenters. The summed E-state index contributed by atoms with van der Waals surface area (Å²) in [6.07, 6.45) is 2.96. The van der Waals surface area contributed by atoms with Crippen LogP contribution in [0.2, 0.25) is 0 Å². The molecule has 2 aliphatic rings. The van der Waals surface area contributed by atoms with E-state index in [9.17, 15) is 13.2 Å². The number of anilines is 1. The van der Waals surface area contributed by atoms with Gasteiger partial charge in [0, 0.05) is 25.0 Å². The van der Waals surface area contributed by atoms with Gasteiger partial charge < -0.3 is 4.90 Å². The van der Waals surface area contributed by atoms with Gasteiger partial charge in [-0.15, -0.1) is 0 Å². The lowest BCUT2D eigenvalue weighted by Crippen LogP contribution is -2.39. The SMILES string of the molecule is CC1CCC2(CCN(c3ccnc(C(F)(F)F)c3)CC2)C1. The summed E-state index contributed by atoms with van der Waals surface area (Å²) < 4.78 is 38.2. The minimum absolute atomic E-state index is 0.454. The summed E-state index contributed by atoms with van der Waals surface area (Å²) in [6, 6.07) is 2.86. The van der Waals surface area contributed by atoms with E-state index >= 15 is 0 Å². The van der Waals surface area contributed by atoms with Gasteiger partial charge in [0.25, 0.3) is 0 Å². The first kappa shape index (κ1) is 14.7. The van der Waals surface area contributed by atoms with Crippen LogP contribution in [0.3, 0.4) is 0 Å². The van der Waals surface area contributed by atoms with Gasteiger partial charge >= 0.3 is 6.18 Å². The summed E-state index contributed by atoms with van der Waals surface area (Å²) in [5.74, 6) is 0.800. The van der Waals surface area contributed by atoms with Crippen LogP contribution in [0, 0.1) is 11.3 Å². The zero-order valence-electron chi connectivity index (χ0n) is 12.3. The van der Waals surface area contributed by atoms with E-state index < -0.39 is 11.9 Å². The fourth-order valence-corrected chi connectivity index (χ4v) is 3.96. The third-order valence-corrected chi connectivity index (χ3v) is 5.17. The Labute approximate surface area is 123 Å². The molecule has 1 aromatic heterocycles. The van der Waals surface area contributed by atoms with Gasteiger partial charge in [-0.2, -0.15) is 13.2 Å².